The zero-order valence-corrected chi connectivity index (χ0v) is 23.5. The fourth-order valence-electron chi connectivity index (χ4n) is 5.27. The average molecular weight is 625 g/mol. The Balaban J connectivity index is 1.49. The van der Waals surface area contributed by atoms with Gasteiger partial charge >= 0.3 is 18.4 Å². The molecule has 2 aliphatic heterocycles. The number of amides is 2. The summed E-state index contributed by atoms with van der Waals surface area (Å²) >= 11 is 5.80. The van der Waals surface area contributed by atoms with Crippen LogP contribution in [0.2, 0.25) is 5.02 Å². The molecular weight excluding hydrogens is 598 g/mol. The molecular formula is C28H27ClF4N5O5+. The summed E-state index contributed by atoms with van der Waals surface area (Å²) in [6.07, 6.45) is -4.62. The monoisotopic (exact) mass is 624 g/mol. The molecule has 0 saturated carbocycles. The van der Waals surface area contributed by atoms with Crippen LogP contribution in [-0.2, 0) is 20.4 Å². The SMILES string of the molecule is COC(=O)Nc1ccc2c(c1)NC(=O)CCCC[C@H]([N+]1=C(O)OC(c3c(C(F)(F)F)ccc(Cl)c3F)CC1)c1ncc-2[nH]1. The lowest BCUT2D eigenvalue weighted by molar-refractivity contribution is -0.600. The number of carbonyl (C=O) groups excluding carboxylic acids is 2. The molecule has 2 atom stereocenters. The van der Waals surface area contributed by atoms with E-state index < -0.39 is 52.5 Å². The van der Waals surface area contributed by atoms with E-state index in [0.29, 0.717) is 53.8 Å². The van der Waals surface area contributed by atoms with E-state index in [-0.39, 0.29) is 25.3 Å². The first kappa shape index (κ1) is 30.1. The summed E-state index contributed by atoms with van der Waals surface area (Å²) in [4.78, 5) is 32.1. The van der Waals surface area contributed by atoms with Crippen molar-refractivity contribution in [2.75, 3.05) is 24.3 Å². The van der Waals surface area contributed by atoms with E-state index in [1.807, 2.05) is 0 Å². The van der Waals surface area contributed by atoms with Crippen molar-refractivity contribution in [2.45, 2.75) is 50.4 Å². The van der Waals surface area contributed by atoms with Gasteiger partial charge in [-0.2, -0.15) is 17.7 Å². The fraction of sp³-hybridized carbons (Fsp3) is 0.357. The summed E-state index contributed by atoms with van der Waals surface area (Å²) in [5, 5.41) is 15.8. The molecule has 15 heteroatoms. The molecule has 1 aromatic heterocycles. The predicted molar refractivity (Wildman–Crippen MR) is 148 cm³/mol. The molecule has 5 rings (SSSR count). The maximum absolute atomic E-state index is 14.9. The Kier molecular flexibility index (Phi) is 8.49. The predicted octanol–water partition coefficient (Wildman–Crippen LogP) is 6.71. The van der Waals surface area contributed by atoms with Crippen LogP contribution in [0.15, 0.2) is 36.5 Å². The zero-order chi connectivity index (χ0) is 30.9. The molecule has 1 unspecified atom stereocenters. The van der Waals surface area contributed by atoms with Gasteiger partial charge in [0.15, 0.2) is 12.4 Å². The van der Waals surface area contributed by atoms with Crippen molar-refractivity contribution >= 4 is 41.1 Å². The molecule has 0 aliphatic carbocycles. The number of aromatic nitrogens is 2. The number of carbonyl (C=O) groups is 2. The summed E-state index contributed by atoms with van der Waals surface area (Å²) in [6.45, 7) is 0.0140. The van der Waals surface area contributed by atoms with E-state index in [0.717, 1.165) is 6.07 Å². The third-order valence-corrected chi connectivity index (χ3v) is 7.61. The molecule has 2 aromatic carbocycles. The molecule has 3 aromatic rings. The highest BCUT2D eigenvalue weighted by Crippen LogP contribution is 2.41. The first-order valence-electron chi connectivity index (χ1n) is 13.3. The number of rotatable bonds is 3. The van der Waals surface area contributed by atoms with Crippen molar-refractivity contribution in [3.63, 3.8) is 0 Å². The topological polar surface area (TPSA) is 129 Å². The van der Waals surface area contributed by atoms with Crippen LogP contribution in [0.4, 0.5) is 33.7 Å². The lowest BCUT2D eigenvalue weighted by atomic mass is 9.97. The minimum Gasteiger partial charge on any atom is -0.453 e. The van der Waals surface area contributed by atoms with Gasteiger partial charge in [-0.1, -0.05) is 11.6 Å². The minimum absolute atomic E-state index is 0.0140. The Hall–Kier alpha value is -4.33. The van der Waals surface area contributed by atoms with Crippen LogP contribution in [0.5, 0.6) is 0 Å². The summed E-state index contributed by atoms with van der Waals surface area (Å²) < 4.78 is 67.6. The number of fused-ring (bicyclic) bond motifs is 4. The van der Waals surface area contributed by atoms with Crippen molar-refractivity contribution in [1.82, 2.24) is 9.97 Å². The normalized spacial score (nSPS) is 19.3. The van der Waals surface area contributed by atoms with E-state index in [1.54, 1.807) is 24.4 Å². The highest BCUT2D eigenvalue weighted by atomic mass is 35.5. The van der Waals surface area contributed by atoms with Crippen molar-refractivity contribution in [1.29, 1.82) is 0 Å². The number of aliphatic hydroxyl groups excluding tert-OH is 1. The molecule has 43 heavy (non-hydrogen) atoms. The highest BCUT2D eigenvalue weighted by Gasteiger charge is 2.43. The summed E-state index contributed by atoms with van der Waals surface area (Å²) in [7, 11) is 1.23. The molecule has 2 aliphatic rings. The van der Waals surface area contributed by atoms with Crippen molar-refractivity contribution < 1.29 is 46.3 Å². The maximum atomic E-state index is 14.9. The average Bonchev–Trinajstić information content (AvgIpc) is 3.43. The van der Waals surface area contributed by atoms with Crippen LogP contribution in [0.1, 0.15) is 61.2 Å². The summed E-state index contributed by atoms with van der Waals surface area (Å²) in [6, 6.07) is 5.79. The van der Waals surface area contributed by atoms with Crippen LogP contribution < -0.4 is 10.6 Å². The molecule has 0 saturated heterocycles. The number of halogens is 5. The van der Waals surface area contributed by atoms with Crippen LogP contribution in [0.3, 0.4) is 0 Å². The Bertz CT molecular complexity index is 1590. The minimum atomic E-state index is -4.87. The zero-order valence-electron chi connectivity index (χ0n) is 22.7. The van der Waals surface area contributed by atoms with Crippen molar-refractivity contribution in [3.05, 3.63) is 64.3 Å². The number of hydrogen-bond donors (Lipinski definition) is 4. The number of anilines is 2. The van der Waals surface area contributed by atoms with Gasteiger partial charge in [-0.25, -0.2) is 14.2 Å². The van der Waals surface area contributed by atoms with Gasteiger partial charge in [0, 0.05) is 36.1 Å². The number of methoxy groups -OCH3 is 1. The molecule has 4 N–H and O–H groups in total. The van der Waals surface area contributed by atoms with E-state index >= 15 is 0 Å². The standard InChI is InChI=1S/C28H26ClF4N5O5/c1-42-26(40)35-14-6-7-15-18(12-14)36-22(39)5-3-2-4-20(25-34-13-19(15)37-25)38-11-10-21(43-27(38)41)23-16(28(31,32)33)8-9-17(29)24(23)30/h6-9,12-13,20-21H,2-5,10-11H2,1H3,(H3,34,35,36,37,39,40)/p+1/t20-,21?/m0/s1. The number of aliphatic hydroxyl groups is 1. The number of aromatic amines is 1. The Morgan fingerprint density at radius 2 is 2.02 bits per heavy atom. The Morgan fingerprint density at radius 3 is 2.74 bits per heavy atom. The van der Waals surface area contributed by atoms with E-state index in [2.05, 4.69) is 25.3 Å². The number of ether oxygens (including phenoxy) is 2. The number of benzene rings is 2. The van der Waals surface area contributed by atoms with Crippen molar-refractivity contribution in [3.8, 4) is 11.3 Å². The molecule has 0 radical (unpaired) electrons. The number of H-pyrrole nitrogens is 1. The van der Waals surface area contributed by atoms with Gasteiger partial charge < -0.3 is 24.9 Å². The van der Waals surface area contributed by atoms with Crippen LogP contribution in [0, 0.1) is 5.82 Å². The number of alkyl halides is 3. The third kappa shape index (κ3) is 6.38. The first-order valence-corrected chi connectivity index (χ1v) is 13.7. The molecule has 0 spiro atoms. The summed E-state index contributed by atoms with van der Waals surface area (Å²) in [5.74, 6) is -1.08. The molecule has 0 fully saturated rings. The van der Waals surface area contributed by atoms with E-state index in [4.69, 9.17) is 16.3 Å². The molecule has 10 nitrogen and oxygen atoms in total. The van der Waals surface area contributed by atoms with E-state index in [1.165, 1.54) is 11.7 Å². The van der Waals surface area contributed by atoms with Crippen molar-refractivity contribution in [2.24, 2.45) is 0 Å². The van der Waals surface area contributed by atoms with Crippen LogP contribution in [-0.4, -0.2) is 51.4 Å². The fourth-order valence-corrected chi connectivity index (χ4v) is 5.44. The number of hydrogen-bond acceptors (Lipinski definition) is 5. The first-order chi connectivity index (χ1) is 20.5. The second-order valence-corrected chi connectivity index (χ2v) is 10.5. The van der Waals surface area contributed by atoms with Gasteiger partial charge in [-0.05, 0) is 43.2 Å². The molecule has 228 valence electrons. The largest absolute Gasteiger partial charge is 0.547 e. The van der Waals surface area contributed by atoms with Crippen LogP contribution in [0.25, 0.3) is 11.3 Å². The lowest BCUT2D eigenvalue weighted by Gasteiger charge is -2.26. The number of nitrogens with one attached hydrogen (secondary N) is 3. The van der Waals surface area contributed by atoms with E-state index in [9.17, 15) is 32.3 Å². The van der Waals surface area contributed by atoms with Crippen LogP contribution >= 0.6 is 11.6 Å². The van der Waals surface area contributed by atoms with Gasteiger partial charge in [0.1, 0.15) is 11.9 Å². The smallest absolute Gasteiger partial charge is 0.453 e. The number of imidazole rings is 1. The quantitative estimate of drug-likeness (QED) is 0.189. The molecule has 3 heterocycles. The lowest BCUT2D eigenvalue weighted by Crippen LogP contribution is -2.36. The van der Waals surface area contributed by atoms with Gasteiger partial charge in [-0.15, -0.1) is 0 Å². The Labute approximate surface area is 247 Å². The third-order valence-electron chi connectivity index (χ3n) is 7.32. The molecule has 2 amide bonds. The summed E-state index contributed by atoms with van der Waals surface area (Å²) in [5.41, 5.74) is -0.112. The second kappa shape index (κ2) is 12.1. The van der Waals surface area contributed by atoms with Gasteiger partial charge in [0.25, 0.3) is 0 Å². The van der Waals surface area contributed by atoms with Gasteiger partial charge in [0.05, 0.1) is 35.3 Å². The van der Waals surface area contributed by atoms with Gasteiger partial charge in [0.2, 0.25) is 11.9 Å². The maximum Gasteiger partial charge on any atom is 0.547 e. The Morgan fingerprint density at radius 1 is 1.23 bits per heavy atom. The highest BCUT2D eigenvalue weighted by molar-refractivity contribution is 6.30. The number of nitrogens with zero attached hydrogens (tertiary/aromatic N) is 2. The second-order valence-electron chi connectivity index (χ2n) is 10.1. The van der Waals surface area contributed by atoms with Gasteiger partial charge in [-0.3, -0.25) is 10.1 Å². The molecule has 2 bridgehead atoms.